The molecule has 1 heterocycles. The highest BCUT2D eigenvalue weighted by atomic mass is 35.5. The van der Waals surface area contributed by atoms with Crippen LogP contribution < -0.4 is 10.2 Å². The van der Waals surface area contributed by atoms with E-state index in [-0.39, 0.29) is 18.6 Å². The Labute approximate surface area is 112 Å². The Morgan fingerprint density at radius 1 is 1.56 bits per heavy atom. The smallest absolute Gasteiger partial charge is 0.253 e. The minimum atomic E-state index is -0.0158. The average Bonchev–Trinajstić information content (AvgIpc) is 2.38. The topological polar surface area (TPSA) is 41.6 Å². The standard InChI is InChI=1S/C13H17ClN2O2/c1-15-6-5-12-8-16(13(17)9-18-12)11-4-2-3-10(14)7-11/h2-4,7,12,15H,5-6,8-9H2,1H3. The van der Waals surface area contributed by atoms with E-state index >= 15 is 0 Å². The van der Waals surface area contributed by atoms with E-state index in [4.69, 9.17) is 16.3 Å². The number of nitrogens with zero attached hydrogens (tertiary/aromatic N) is 1. The first kappa shape index (κ1) is 13.3. The van der Waals surface area contributed by atoms with Crippen molar-refractivity contribution in [2.75, 3.05) is 31.6 Å². The monoisotopic (exact) mass is 268 g/mol. The van der Waals surface area contributed by atoms with Gasteiger partial charge in [0.25, 0.3) is 5.91 Å². The molecule has 1 aliphatic rings. The molecule has 0 saturated carbocycles. The van der Waals surface area contributed by atoms with Crippen LogP contribution in [-0.2, 0) is 9.53 Å². The molecule has 1 aromatic rings. The van der Waals surface area contributed by atoms with E-state index in [9.17, 15) is 4.79 Å². The number of hydrogen-bond acceptors (Lipinski definition) is 3. The summed E-state index contributed by atoms with van der Waals surface area (Å²) in [6, 6.07) is 7.35. The Morgan fingerprint density at radius 2 is 2.39 bits per heavy atom. The summed E-state index contributed by atoms with van der Waals surface area (Å²) in [7, 11) is 1.91. The van der Waals surface area contributed by atoms with E-state index in [0.29, 0.717) is 11.6 Å². The van der Waals surface area contributed by atoms with Crippen LogP contribution in [0.2, 0.25) is 5.02 Å². The molecule has 1 aliphatic heterocycles. The van der Waals surface area contributed by atoms with Crippen LogP contribution in [0.4, 0.5) is 5.69 Å². The molecule has 2 rings (SSSR count). The summed E-state index contributed by atoms with van der Waals surface area (Å²) in [5, 5.41) is 3.72. The minimum Gasteiger partial charge on any atom is -0.366 e. The zero-order chi connectivity index (χ0) is 13.0. The molecule has 98 valence electrons. The lowest BCUT2D eigenvalue weighted by molar-refractivity contribution is -0.129. The molecule has 1 aromatic carbocycles. The molecule has 0 spiro atoms. The molecule has 0 aliphatic carbocycles. The fourth-order valence-corrected chi connectivity index (χ4v) is 2.18. The second-order valence-corrected chi connectivity index (χ2v) is 4.75. The highest BCUT2D eigenvalue weighted by Gasteiger charge is 2.27. The second kappa shape index (κ2) is 6.18. The fourth-order valence-electron chi connectivity index (χ4n) is 2.00. The predicted octanol–water partition coefficient (Wildman–Crippen LogP) is 1.68. The molecule has 1 amide bonds. The number of halogens is 1. The number of carbonyl (C=O) groups excluding carboxylic acids is 1. The summed E-state index contributed by atoms with van der Waals surface area (Å²) in [5.74, 6) is -0.0158. The van der Waals surface area contributed by atoms with Crippen molar-refractivity contribution in [3.8, 4) is 0 Å². The highest BCUT2D eigenvalue weighted by Crippen LogP contribution is 2.22. The van der Waals surface area contributed by atoms with Gasteiger partial charge in [0, 0.05) is 10.7 Å². The number of anilines is 1. The third-order valence-electron chi connectivity index (χ3n) is 2.97. The first-order valence-electron chi connectivity index (χ1n) is 6.03. The van der Waals surface area contributed by atoms with E-state index in [0.717, 1.165) is 18.7 Å². The Morgan fingerprint density at radius 3 is 3.11 bits per heavy atom. The maximum Gasteiger partial charge on any atom is 0.253 e. The van der Waals surface area contributed by atoms with Gasteiger partial charge in [-0.3, -0.25) is 4.79 Å². The lowest BCUT2D eigenvalue weighted by atomic mass is 10.1. The molecule has 0 aromatic heterocycles. The van der Waals surface area contributed by atoms with Crippen molar-refractivity contribution in [1.29, 1.82) is 0 Å². The maximum atomic E-state index is 11.9. The summed E-state index contributed by atoms with van der Waals surface area (Å²) >= 11 is 5.95. The van der Waals surface area contributed by atoms with Crippen LogP contribution in [0.5, 0.6) is 0 Å². The van der Waals surface area contributed by atoms with Crippen molar-refractivity contribution >= 4 is 23.2 Å². The van der Waals surface area contributed by atoms with Gasteiger partial charge in [-0.1, -0.05) is 17.7 Å². The van der Waals surface area contributed by atoms with Crippen LogP contribution in [0.1, 0.15) is 6.42 Å². The zero-order valence-corrected chi connectivity index (χ0v) is 11.1. The first-order valence-corrected chi connectivity index (χ1v) is 6.40. The van der Waals surface area contributed by atoms with Gasteiger partial charge in [-0.2, -0.15) is 0 Å². The van der Waals surface area contributed by atoms with Crippen LogP contribution in [-0.4, -0.2) is 38.8 Å². The summed E-state index contributed by atoms with van der Waals surface area (Å²) < 4.78 is 5.51. The van der Waals surface area contributed by atoms with E-state index in [1.807, 2.05) is 19.2 Å². The summed E-state index contributed by atoms with van der Waals surface area (Å²) in [4.78, 5) is 13.6. The molecular weight excluding hydrogens is 252 g/mol. The quantitative estimate of drug-likeness (QED) is 0.903. The van der Waals surface area contributed by atoms with Gasteiger partial charge in [0.05, 0.1) is 12.6 Å². The number of nitrogens with one attached hydrogen (secondary N) is 1. The van der Waals surface area contributed by atoms with Crippen LogP contribution in [0.25, 0.3) is 0 Å². The lowest BCUT2D eigenvalue weighted by Gasteiger charge is -2.32. The molecule has 1 atom stereocenters. The van der Waals surface area contributed by atoms with Gasteiger partial charge in [-0.05, 0) is 38.2 Å². The largest absolute Gasteiger partial charge is 0.366 e. The van der Waals surface area contributed by atoms with Gasteiger partial charge in [-0.25, -0.2) is 0 Å². The van der Waals surface area contributed by atoms with Crippen LogP contribution in [0.15, 0.2) is 24.3 Å². The molecule has 4 nitrogen and oxygen atoms in total. The molecule has 1 unspecified atom stereocenters. The van der Waals surface area contributed by atoms with Crippen molar-refractivity contribution in [3.05, 3.63) is 29.3 Å². The van der Waals surface area contributed by atoms with Crippen molar-refractivity contribution in [3.63, 3.8) is 0 Å². The molecular formula is C13H17ClN2O2. The molecule has 0 bridgehead atoms. The number of morpholine rings is 1. The number of benzene rings is 1. The molecule has 18 heavy (non-hydrogen) atoms. The van der Waals surface area contributed by atoms with Gasteiger partial charge in [-0.15, -0.1) is 0 Å². The first-order chi connectivity index (χ1) is 8.70. The zero-order valence-electron chi connectivity index (χ0n) is 10.4. The van der Waals surface area contributed by atoms with E-state index in [2.05, 4.69) is 5.32 Å². The highest BCUT2D eigenvalue weighted by molar-refractivity contribution is 6.30. The number of amides is 1. The number of rotatable bonds is 4. The third kappa shape index (κ3) is 3.22. The number of carbonyl (C=O) groups is 1. The van der Waals surface area contributed by atoms with Gasteiger partial charge in [0.15, 0.2) is 0 Å². The summed E-state index contributed by atoms with van der Waals surface area (Å²) in [6.07, 6.45) is 0.968. The Kier molecular flexibility index (Phi) is 4.58. The van der Waals surface area contributed by atoms with Crippen molar-refractivity contribution in [1.82, 2.24) is 5.32 Å². The molecule has 1 N–H and O–H groups in total. The van der Waals surface area contributed by atoms with Crippen LogP contribution in [0, 0.1) is 0 Å². The van der Waals surface area contributed by atoms with Crippen LogP contribution >= 0.6 is 11.6 Å². The summed E-state index contributed by atoms with van der Waals surface area (Å²) in [5.41, 5.74) is 0.838. The van der Waals surface area contributed by atoms with Crippen molar-refractivity contribution in [2.24, 2.45) is 0 Å². The molecule has 1 fully saturated rings. The van der Waals surface area contributed by atoms with Crippen LogP contribution in [0.3, 0.4) is 0 Å². The number of hydrogen-bond donors (Lipinski definition) is 1. The van der Waals surface area contributed by atoms with Gasteiger partial charge in [0.2, 0.25) is 0 Å². The Hall–Kier alpha value is -1.10. The molecule has 0 radical (unpaired) electrons. The third-order valence-corrected chi connectivity index (χ3v) is 3.20. The van der Waals surface area contributed by atoms with Gasteiger partial charge >= 0.3 is 0 Å². The Bertz CT molecular complexity index is 425. The predicted molar refractivity (Wildman–Crippen MR) is 72.1 cm³/mol. The second-order valence-electron chi connectivity index (χ2n) is 4.31. The van der Waals surface area contributed by atoms with E-state index in [1.165, 1.54) is 0 Å². The van der Waals surface area contributed by atoms with Crippen molar-refractivity contribution in [2.45, 2.75) is 12.5 Å². The molecule has 5 heteroatoms. The fraction of sp³-hybridized carbons (Fsp3) is 0.462. The summed E-state index contributed by atoms with van der Waals surface area (Å²) in [6.45, 7) is 1.60. The maximum absolute atomic E-state index is 11.9. The normalized spacial score (nSPS) is 20.2. The van der Waals surface area contributed by atoms with Crippen molar-refractivity contribution < 1.29 is 9.53 Å². The minimum absolute atomic E-state index is 0.0158. The average molecular weight is 269 g/mol. The van der Waals surface area contributed by atoms with Gasteiger partial charge < -0.3 is 15.0 Å². The van der Waals surface area contributed by atoms with Gasteiger partial charge in [0.1, 0.15) is 6.61 Å². The Balaban J connectivity index is 2.08. The van der Waals surface area contributed by atoms with E-state index in [1.54, 1.807) is 17.0 Å². The van der Waals surface area contributed by atoms with E-state index < -0.39 is 0 Å². The SMILES string of the molecule is CNCCC1CN(c2cccc(Cl)c2)C(=O)CO1. The number of ether oxygens (including phenoxy) is 1. The molecule has 1 saturated heterocycles. The lowest BCUT2D eigenvalue weighted by Crippen LogP contribution is -2.47.